The second-order valence-electron chi connectivity index (χ2n) is 9.62. The summed E-state index contributed by atoms with van der Waals surface area (Å²) in [5.74, 6) is -0.648. The fraction of sp³-hybridized carbons (Fsp3) is 0.345. The smallest absolute Gasteiger partial charge is 0.303 e. The third-order valence-corrected chi connectivity index (χ3v) is 8.74. The van der Waals surface area contributed by atoms with Gasteiger partial charge < -0.3 is 9.84 Å². The van der Waals surface area contributed by atoms with Crippen molar-refractivity contribution in [2.45, 2.75) is 63.5 Å². The topological polar surface area (TPSA) is 83.9 Å². The highest BCUT2D eigenvalue weighted by molar-refractivity contribution is 7.89. The number of aliphatic carboxylic acids is 1. The first-order valence-corrected chi connectivity index (χ1v) is 13.7. The molecule has 36 heavy (non-hydrogen) atoms. The summed E-state index contributed by atoms with van der Waals surface area (Å²) in [5.41, 5.74) is 5.16. The molecule has 7 heteroatoms. The number of para-hydroxylation sites is 1. The van der Waals surface area contributed by atoms with Gasteiger partial charge >= 0.3 is 5.97 Å². The molecule has 3 aromatic carbocycles. The lowest BCUT2D eigenvalue weighted by Crippen LogP contribution is -2.35. The van der Waals surface area contributed by atoms with E-state index < -0.39 is 16.0 Å². The van der Waals surface area contributed by atoms with Gasteiger partial charge in [-0.3, -0.25) is 4.79 Å². The summed E-state index contributed by atoms with van der Waals surface area (Å²) in [5, 5.41) is 9.60. The van der Waals surface area contributed by atoms with Gasteiger partial charge in [-0.05, 0) is 79.5 Å². The summed E-state index contributed by atoms with van der Waals surface area (Å²) in [6, 6.07) is 20.8. The minimum atomic E-state index is -3.76. The molecular formula is C29H33NO5S. The van der Waals surface area contributed by atoms with E-state index in [-0.39, 0.29) is 36.4 Å². The Morgan fingerprint density at radius 2 is 1.72 bits per heavy atom. The van der Waals surface area contributed by atoms with Crippen molar-refractivity contribution >= 4 is 16.0 Å². The van der Waals surface area contributed by atoms with Crippen LogP contribution in [0.15, 0.2) is 71.6 Å². The SMILES string of the molecule is Cc1ccccc1CCC(CC(=O)O)c1ccc(C)c(CN2CC(C)Oc3ccccc3S2(=O)=O)c1. The van der Waals surface area contributed by atoms with Gasteiger partial charge in [-0.2, -0.15) is 4.31 Å². The molecule has 1 N–H and O–H groups in total. The Balaban J connectivity index is 1.62. The predicted molar refractivity (Wildman–Crippen MR) is 140 cm³/mol. The molecule has 1 aliphatic heterocycles. The van der Waals surface area contributed by atoms with Crippen molar-refractivity contribution in [2.24, 2.45) is 0 Å². The monoisotopic (exact) mass is 507 g/mol. The van der Waals surface area contributed by atoms with Gasteiger partial charge in [0.2, 0.25) is 10.0 Å². The number of benzene rings is 3. The number of rotatable bonds is 8. The van der Waals surface area contributed by atoms with Gasteiger partial charge in [-0.1, -0.05) is 54.6 Å². The van der Waals surface area contributed by atoms with Crippen LogP contribution in [0.1, 0.15) is 53.5 Å². The molecule has 0 bridgehead atoms. The lowest BCUT2D eigenvalue weighted by Gasteiger charge is -2.24. The van der Waals surface area contributed by atoms with Gasteiger partial charge in [0.05, 0.1) is 13.0 Å². The first-order valence-electron chi connectivity index (χ1n) is 12.3. The van der Waals surface area contributed by atoms with Crippen LogP contribution >= 0.6 is 0 Å². The van der Waals surface area contributed by atoms with Gasteiger partial charge in [0, 0.05) is 6.54 Å². The molecule has 190 valence electrons. The van der Waals surface area contributed by atoms with Crippen molar-refractivity contribution in [1.29, 1.82) is 0 Å². The molecule has 2 unspecified atom stereocenters. The number of aryl methyl sites for hydroxylation is 3. The summed E-state index contributed by atoms with van der Waals surface area (Å²) in [6.07, 6.45) is 1.19. The fourth-order valence-corrected chi connectivity index (χ4v) is 6.43. The number of ether oxygens (including phenoxy) is 1. The summed E-state index contributed by atoms with van der Waals surface area (Å²) in [7, 11) is -3.76. The maximum absolute atomic E-state index is 13.5. The number of carboxylic acid groups (broad SMARTS) is 1. The van der Waals surface area contributed by atoms with E-state index in [4.69, 9.17) is 4.74 Å². The van der Waals surface area contributed by atoms with Crippen LogP contribution in [-0.4, -0.2) is 36.4 Å². The lowest BCUT2D eigenvalue weighted by atomic mass is 9.87. The van der Waals surface area contributed by atoms with Gasteiger partial charge in [0.1, 0.15) is 16.7 Å². The van der Waals surface area contributed by atoms with Crippen molar-refractivity contribution in [3.8, 4) is 5.75 Å². The lowest BCUT2D eigenvalue weighted by molar-refractivity contribution is -0.137. The highest BCUT2D eigenvalue weighted by atomic mass is 32.2. The fourth-order valence-electron chi connectivity index (χ4n) is 4.81. The van der Waals surface area contributed by atoms with E-state index in [0.29, 0.717) is 12.2 Å². The molecule has 4 rings (SSSR count). The van der Waals surface area contributed by atoms with E-state index in [2.05, 4.69) is 19.1 Å². The van der Waals surface area contributed by atoms with Crippen LogP contribution in [0.2, 0.25) is 0 Å². The summed E-state index contributed by atoms with van der Waals surface area (Å²) in [4.78, 5) is 11.9. The minimum absolute atomic E-state index is 0.0225. The van der Waals surface area contributed by atoms with Crippen LogP contribution in [0.25, 0.3) is 0 Å². The Morgan fingerprint density at radius 1 is 1.03 bits per heavy atom. The van der Waals surface area contributed by atoms with E-state index in [1.807, 2.05) is 44.2 Å². The van der Waals surface area contributed by atoms with Gasteiger partial charge in [-0.25, -0.2) is 8.42 Å². The van der Waals surface area contributed by atoms with E-state index in [1.165, 1.54) is 15.4 Å². The summed E-state index contributed by atoms with van der Waals surface area (Å²) in [6.45, 7) is 6.31. The van der Waals surface area contributed by atoms with Crippen molar-refractivity contribution in [3.05, 3.63) is 94.5 Å². The first kappa shape index (κ1) is 25.9. The molecule has 1 aliphatic rings. The number of carboxylic acids is 1. The molecule has 0 amide bonds. The van der Waals surface area contributed by atoms with E-state index in [1.54, 1.807) is 24.3 Å². The Hall–Kier alpha value is -3.16. The maximum Gasteiger partial charge on any atom is 0.303 e. The molecule has 0 aromatic heterocycles. The molecular weight excluding hydrogens is 474 g/mol. The molecule has 6 nitrogen and oxygen atoms in total. The highest BCUT2D eigenvalue weighted by Crippen LogP contribution is 2.33. The Bertz CT molecular complexity index is 1350. The van der Waals surface area contributed by atoms with E-state index in [9.17, 15) is 18.3 Å². The average molecular weight is 508 g/mol. The molecule has 2 atom stereocenters. The van der Waals surface area contributed by atoms with Crippen molar-refractivity contribution in [3.63, 3.8) is 0 Å². The van der Waals surface area contributed by atoms with Gasteiger partial charge in [0.15, 0.2) is 0 Å². The minimum Gasteiger partial charge on any atom is -0.488 e. The summed E-state index contributed by atoms with van der Waals surface area (Å²) < 4.78 is 34.4. The second kappa shape index (κ2) is 10.8. The number of hydrogen-bond donors (Lipinski definition) is 1. The number of nitrogens with zero attached hydrogens (tertiary/aromatic N) is 1. The molecule has 3 aromatic rings. The Kier molecular flexibility index (Phi) is 7.81. The van der Waals surface area contributed by atoms with Crippen LogP contribution in [0.4, 0.5) is 0 Å². The number of fused-ring (bicyclic) bond motifs is 1. The molecule has 1 heterocycles. The van der Waals surface area contributed by atoms with E-state index in [0.717, 1.165) is 23.1 Å². The van der Waals surface area contributed by atoms with Crippen LogP contribution < -0.4 is 4.74 Å². The predicted octanol–water partition coefficient (Wildman–Crippen LogP) is 5.47. The van der Waals surface area contributed by atoms with E-state index >= 15 is 0 Å². The average Bonchev–Trinajstić information content (AvgIpc) is 2.92. The highest BCUT2D eigenvalue weighted by Gasteiger charge is 2.33. The zero-order valence-electron chi connectivity index (χ0n) is 21.0. The number of carbonyl (C=O) groups is 1. The standard InChI is InChI=1S/C29H33NO5S/c1-20-8-4-5-9-23(20)14-15-25(17-29(31)32)24-13-12-21(2)26(16-24)19-30-18-22(3)35-27-10-6-7-11-28(27)36(30,33)34/h4-13,16,22,25H,14-15,17-19H2,1-3H3,(H,31,32). The third kappa shape index (κ3) is 5.79. The zero-order valence-corrected chi connectivity index (χ0v) is 21.8. The second-order valence-corrected chi connectivity index (χ2v) is 11.5. The van der Waals surface area contributed by atoms with Crippen molar-refractivity contribution in [2.75, 3.05) is 6.54 Å². The largest absolute Gasteiger partial charge is 0.488 e. The van der Waals surface area contributed by atoms with Crippen molar-refractivity contribution in [1.82, 2.24) is 4.31 Å². The van der Waals surface area contributed by atoms with Crippen LogP contribution in [0.5, 0.6) is 5.75 Å². The first-order chi connectivity index (χ1) is 17.1. The molecule has 0 fully saturated rings. The van der Waals surface area contributed by atoms with Crippen LogP contribution in [0, 0.1) is 13.8 Å². The molecule has 0 saturated heterocycles. The van der Waals surface area contributed by atoms with Crippen LogP contribution in [0.3, 0.4) is 0 Å². The molecule has 0 aliphatic carbocycles. The molecule has 0 saturated carbocycles. The number of sulfonamides is 1. The normalized spacial score (nSPS) is 18.0. The van der Waals surface area contributed by atoms with Gasteiger partial charge in [0.25, 0.3) is 0 Å². The summed E-state index contributed by atoms with van der Waals surface area (Å²) >= 11 is 0. The van der Waals surface area contributed by atoms with Crippen molar-refractivity contribution < 1.29 is 23.1 Å². The zero-order chi connectivity index (χ0) is 25.9. The Morgan fingerprint density at radius 3 is 2.47 bits per heavy atom. The molecule has 0 radical (unpaired) electrons. The maximum atomic E-state index is 13.5. The quantitative estimate of drug-likeness (QED) is 0.437. The number of hydrogen-bond acceptors (Lipinski definition) is 4. The third-order valence-electron chi connectivity index (χ3n) is 6.89. The van der Waals surface area contributed by atoms with Gasteiger partial charge in [-0.15, -0.1) is 0 Å². The molecule has 0 spiro atoms. The van der Waals surface area contributed by atoms with Crippen LogP contribution in [-0.2, 0) is 27.8 Å². The Labute approximate surface area is 213 Å².